The Kier molecular flexibility index (Phi) is 10.8. The number of esters is 2. The van der Waals surface area contributed by atoms with Gasteiger partial charge in [-0.25, -0.2) is 9.97 Å². The van der Waals surface area contributed by atoms with Crippen molar-refractivity contribution in [3.63, 3.8) is 0 Å². The molecule has 0 bridgehead atoms. The van der Waals surface area contributed by atoms with E-state index in [1.54, 1.807) is 0 Å². The number of nitrogens with zero attached hydrogens (tertiary/aromatic N) is 4. The molecule has 0 aliphatic carbocycles. The highest BCUT2D eigenvalue weighted by atomic mass is 79.9. The van der Waals surface area contributed by atoms with Crippen LogP contribution >= 0.6 is 15.9 Å². The Morgan fingerprint density at radius 1 is 0.976 bits per heavy atom. The van der Waals surface area contributed by atoms with Gasteiger partial charge in [-0.15, -0.1) is 0 Å². The fourth-order valence-corrected chi connectivity index (χ4v) is 5.02. The molecule has 1 aliphatic rings. The van der Waals surface area contributed by atoms with Crippen LogP contribution in [0.2, 0.25) is 0 Å². The molecule has 11 nitrogen and oxygen atoms in total. The van der Waals surface area contributed by atoms with Crippen LogP contribution < -0.4 is 10.6 Å². The number of piperazine rings is 1. The van der Waals surface area contributed by atoms with Crippen molar-refractivity contribution < 1.29 is 23.9 Å². The normalized spacial score (nSPS) is 14.3. The van der Waals surface area contributed by atoms with E-state index < -0.39 is 0 Å². The van der Waals surface area contributed by atoms with Crippen LogP contribution in [0.3, 0.4) is 0 Å². The molecule has 1 aliphatic heterocycles. The van der Waals surface area contributed by atoms with E-state index in [2.05, 4.69) is 46.3 Å². The summed E-state index contributed by atoms with van der Waals surface area (Å²) in [5, 5.41) is 7.00. The predicted octanol–water partition coefficient (Wildman–Crippen LogP) is 3.74. The minimum Gasteiger partial charge on any atom is -0.469 e. The third kappa shape index (κ3) is 8.81. The number of halogens is 1. The van der Waals surface area contributed by atoms with E-state index in [0.717, 1.165) is 34.2 Å². The fourth-order valence-electron chi connectivity index (χ4n) is 4.62. The Balaban J connectivity index is 1.30. The number of hydrogen-bond donors (Lipinski definition) is 2. The van der Waals surface area contributed by atoms with Gasteiger partial charge in [-0.1, -0.05) is 28.1 Å². The van der Waals surface area contributed by atoms with Crippen LogP contribution in [0.25, 0.3) is 10.9 Å². The molecule has 1 aromatic heterocycles. The monoisotopic (exact) mass is 624 g/mol. The third-order valence-electron chi connectivity index (χ3n) is 6.81. The van der Waals surface area contributed by atoms with Crippen molar-refractivity contribution >= 4 is 61.9 Å². The second-order valence-electron chi connectivity index (χ2n) is 9.53. The molecule has 0 radical (unpaired) electrons. The van der Waals surface area contributed by atoms with Crippen molar-refractivity contribution in [1.29, 1.82) is 0 Å². The molecule has 2 heterocycles. The zero-order chi connectivity index (χ0) is 29.2. The molecule has 2 aromatic carbocycles. The van der Waals surface area contributed by atoms with Crippen LogP contribution in [-0.4, -0.2) is 90.6 Å². The zero-order valence-corrected chi connectivity index (χ0v) is 24.6. The lowest BCUT2D eigenvalue weighted by atomic mass is 10.1. The Bertz CT molecular complexity index is 1390. The van der Waals surface area contributed by atoms with Crippen LogP contribution in [0.4, 0.5) is 17.2 Å². The number of fused-ring (bicyclic) bond motifs is 1. The number of ether oxygens (including phenoxy) is 2. The number of rotatable bonds is 11. The SMILES string of the molecule is COC(=O)CC(CC(=O)OC)N1CCN(C/C=C/C(=O)Nc2ccc3ncnc(Nc4cccc(Br)c4)c3c2)CC1. The number of hydrogen-bond acceptors (Lipinski definition) is 10. The number of carbonyl (C=O) groups excluding carboxylic acids is 3. The summed E-state index contributed by atoms with van der Waals surface area (Å²) in [5.41, 5.74) is 2.26. The average Bonchev–Trinajstić information content (AvgIpc) is 2.97. The summed E-state index contributed by atoms with van der Waals surface area (Å²) in [7, 11) is 2.68. The van der Waals surface area contributed by atoms with Gasteiger partial charge in [0.2, 0.25) is 5.91 Å². The largest absolute Gasteiger partial charge is 0.469 e. The Hall–Kier alpha value is -3.87. The number of methoxy groups -OCH3 is 2. The van der Waals surface area contributed by atoms with Gasteiger partial charge < -0.3 is 20.1 Å². The molecule has 1 amide bonds. The quantitative estimate of drug-likeness (QED) is 0.241. The first-order valence-corrected chi connectivity index (χ1v) is 14.0. The van der Waals surface area contributed by atoms with Gasteiger partial charge in [-0.05, 0) is 36.4 Å². The van der Waals surface area contributed by atoms with Crippen molar-refractivity contribution in [2.45, 2.75) is 18.9 Å². The molecule has 216 valence electrons. The molecule has 0 unspecified atom stereocenters. The maximum absolute atomic E-state index is 12.6. The minimum absolute atomic E-state index is 0.133. The van der Waals surface area contributed by atoms with Crippen molar-refractivity contribution in [3.8, 4) is 0 Å². The molecule has 41 heavy (non-hydrogen) atoms. The lowest BCUT2D eigenvalue weighted by molar-refractivity contribution is -0.145. The maximum atomic E-state index is 12.6. The Morgan fingerprint density at radius 2 is 1.71 bits per heavy atom. The summed E-state index contributed by atoms with van der Waals surface area (Å²) in [6.07, 6.45) is 5.12. The van der Waals surface area contributed by atoms with Gasteiger partial charge in [-0.2, -0.15) is 0 Å². The highest BCUT2D eigenvalue weighted by molar-refractivity contribution is 9.10. The van der Waals surface area contributed by atoms with Crippen molar-refractivity contribution in [2.24, 2.45) is 0 Å². The molecule has 0 spiro atoms. The summed E-state index contributed by atoms with van der Waals surface area (Å²) in [6.45, 7) is 3.46. The van der Waals surface area contributed by atoms with E-state index in [9.17, 15) is 14.4 Å². The van der Waals surface area contributed by atoms with E-state index in [1.165, 1.54) is 26.6 Å². The first kappa shape index (κ1) is 30.1. The molecule has 3 aromatic rings. The van der Waals surface area contributed by atoms with E-state index >= 15 is 0 Å². The van der Waals surface area contributed by atoms with Crippen molar-refractivity contribution in [1.82, 2.24) is 19.8 Å². The van der Waals surface area contributed by atoms with E-state index in [4.69, 9.17) is 9.47 Å². The molecule has 1 fully saturated rings. The molecule has 1 saturated heterocycles. The standard InChI is InChI=1S/C29H33BrN6O5/c1-40-27(38)17-23(18-28(39)41-2)36-13-11-35(12-14-36)10-4-7-26(37)33-22-8-9-25-24(16-22)29(32-19-31-25)34-21-6-3-5-20(30)15-21/h3-9,15-16,19,23H,10-14,17-18H2,1-2H3,(H,33,37)(H,31,32,34)/b7-4+. The van der Waals surface area contributed by atoms with Crippen LogP contribution in [0.1, 0.15) is 12.8 Å². The number of aromatic nitrogens is 2. The summed E-state index contributed by atoms with van der Waals surface area (Å²) < 4.78 is 10.5. The highest BCUT2D eigenvalue weighted by Gasteiger charge is 2.28. The predicted molar refractivity (Wildman–Crippen MR) is 160 cm³/mol. The molecule has 4 rings (SSSR count). The van der Waals surface area contributed by atoms with Crippen molar-refractivity contribution in [2.75, 3.05) is 57.6 Å². The van der Waals surface area contributed by atoms with Crippen LogP contribution in [-0.2, 0) is 23.9 Å². The van der Waals surface area contributed by atoms with Gasteiger partial charge >= 0.3 is 11.9 Å². The molecule has 2 N–H and O–H groups in total. The fraction of sp³-hybridized carbons (Fsp3) is 0.345. The number of nitrogens with one attached hydrogen (secondary N) is 2. The second-order valence-corrected chi connectivity index (χ2v) is 10.4. The number of anilines is 3. The summed E-state index contributed by atoms with van der Waals surface area (Å²) in [6, 6.07) is 13.0. The zero-order valence-electron chi connectivity index (χ0n) is 23.0. The molecule has 0 atom stereocenters. The number of amides is 1. The van der Waals surface area contributed by atoms with Gasteiger partial charge in [0, 0.05) is 66.1 Å². The van der Waals surface area contributed by atoms with Gasteiger partial charge in [-0.3, -0.25) is 24.2 Å². The molecular weight excluding hydrogens is 592 g/mol. The van der Waals surface area contributed by atoms with Gasteiger partial charge in [0.05, 0.1) is 32.6 Å². The maximum Gasteiger partial charge on any atom is 0.307 e. The van der Waals surface area contributed by atoms with E-state index in [0.29, 0.717) is 31.1 Å². The minimum atomic E-state index is -0.355. The van der Waals surface area contributed by atoms with Gasteiger partial charge in [0.1, 0.15) is 12.1 Å². The molecule has 0 saturated carbocycles. The average molecular weight is 626 g/mol. The first-order valence-electron chi connectivity index (χ1n) is 13.2. The summed E-state index contributed by atoms with van der Waals surface area (Å²) in [5.74, 6) is -0.311. The third-order valence-corrected chi connectivity index (χ3v) is 7.30. The van der Waals surface area contributed by atoms with Crippen LogP contribution in [0.15, 0.2) is 65.4 Å². The first-order chi connectivity index (χ1) is 19.8. The topological polar surface area (TPSA) is 126 Å². The van der Waals surface area contributed by atoms with E-state index in [1.807, 2.05) is 48.5 Å². The lowest BCUT2D eigenvalue weighted by Gasteiger charge is -2.38. The summed E-state index contributed by atoms with van der Waals surface area (Å²) >= 11 is 3.48. The Labute approximate surface area is 247 Å². The van der Waals surface area contributed by atoms with Gasteiger partial charge in [0.15, 0.2) is 0 Å². The smallest absolute Gasteiger partial charge is 0.307 e. The highest BCUT2D eigenvalue weighted by Crippen LogP contribution is 2.27. The van der Waals surface area contributed by atoms with Crippen LogP contribution in [0.5, 0.6) is 0 Å². The number of carbonyl (C=O) groups is 3. The molecule has 12 heteroatoms. The van der Waals surface area contributed by atoms with Crippen molar-refractivity contribution in [3.05, 3.63) is 65.4 Å². The van der Waals surface area contributed by atoms with Gasteiger partial charge in [0.25, 0.3) is 0 Å². The van der Waals surface area contributed by atoms with E-state index in [-0.39, 0.29) is 36.7 Å². The Morgan fingerprint density at radius 3 is 2.39 bits per heavy atom. The summed E-state index contributed by atoms with van der Waals surface area (Å²) in [4.78, 5) is 49.4. The molecular formula is C29H33BrN6O5. The van der Waals surface area contributed by atoms with Crippen LogP contribution in [0, 0.1) is 0 Å². The number of benzene rings is 2. The lowest BCUT2D eigenvalue weighted by Crippen LogP contribution is -2.51. The second kappa shape index (κ2) is 14.7.